The van der Waals surface area contributed by atoms with Crippen molar-refractivity contribution in [3.8, 4) is 0 Å². The molecule has 2 aromatic rings. The van der Waals surface area contributed by atoms with Crippen molar-refractivity contribution < 1.29 is 13.6 Å². The lowest BCUT2D eigenvalue weighted by Gasteiger charge is -2.08. The van der Waals surface area contributed by atoms with Crippen molar-refractivity contribution in [3.05, 3.63) is 65.6 Å². The predicted octanol–water partition coefficient (Wildman–Crippen LogP) is 5.52. The molecular weight excluding hydrogens is 509 g/mol. The number of carbonyl (C=O) groups excluding carboxylic acids is 1. The lowest BCUT2D eigenvalue weighted by atomic mass is 10.0. The van der Waals surface area contributed by atoms with Crippen LogP contribution in [0, 0.1) is 15.2 Å². The molecule has 0 heterocycles. The summed E-state index contributed by atoms with van der Waals surface area (Å²) in [4.78, 5) is 12.2. The first kappa shape index (κ1) is 16.0. The summed E-state index contributed by atoms with van der Waals surface area (Å²) in [7, 11) is 0. The molecule has 104 valence electrons. The van der Waals surface area contributed by atoms with E-state index in [1.54, 1.807) is 18.2 Å². The number of benzene rings is 2. The van der Waals surface area contributed by atoms with Gasteiger partial charge in [-0.1, -0.05) is 15.9 Å². The fourth-order valence-electron chi connectivity index (χ4n) is 1.70. The van der Waals surface area contributed by atoms with Crippen molar-refractivity contribution in [1.29, 1.82) is 0 Å². The highest BCUT2D eigenvalue weighted by atomic mass is 127. The molecule has 2 aromatic carbocycles. The molecule has 0 N–H and O–H groups in total. The maximum atomic E-state index is 13.9. The lowest BCUT2D eigenvalue weighted by Crippen LogP contribution is -2.09. The van der Waals surface area contributed by atoms with Crippen LogP contribution in [-0.2, 0) is 6.42 Å². The van der Waals surface area contributed by atoms with Gasteiger partial charge in [0.1, 0.15) is 11.6 Å². The molecule has 2 rings (SSSR count). The third-order valence-electron chi connectivity index (χ3n) is 2.71. The largest absolute Gasteiger partial charge is 0.294 e. The summed E-state index contributed by atoms with van der Waals surface area (Å²) < 4.78 is 29.2. The van der Waals surface area contributed by atoms with E-state index in [-0.39, 0.29) is 22.2 Å². The van der Waals surface area contributed by atoms with Gasteiger partial charge in [0, 0.05) is 25.6 Å². The molecule has 0 aliphatic heterocycles. The van der Waals surface area contributed by atoms with E-state index in [0.717, 1.165) is 14.1 Å². The minimum absolute atomic E-state index is 0.144. The number of carbonyl (C=O) groups is 1. The minimum Gasteiger partial charge on any atom is -0.294 e. The Labute approximate surface area is 145 Å². The Kier molecular flexibility index (Phi) is 5.30. The Morgan fingerprint density at radius 1 is 1.15 bits per heavy atom. The summed E-state index contributed by atoms with van der Waals surface area (Å²) in [5.74, 6) is -1.78. The smallest absolute Gasteiger partial charge is 0.168 e. The van der Waals surface area contributed by atoms with Gasteiger partial charge in [0.2, 0.25) is 0 Å². The zero-order valence-electron chi connectivity index (χ0n) is 9.89. The quantitative estimate of drug-likeness (QED) is 0.299. The van der Waals surface area contributed by atoms with Crippen molar-refractivity contribution >= 4 is 60.2 Å². The second kappa shape index (κ2) is 6.62. The molecule has 0 bridgehead atoms. The fourth-order valence-corrected chi connectivity index (χ4v) is 3.07. The van der Waals surface area contributed by atoms with Crippen LogP contribution in [0.5, 0.6) is 0 Å². The molecule has 20 heavy (non-hydrogen) atoms. The number of hydrogen-bond donors (Lipinski definition) is 0. The third kappa shape index (κ3) is 3.46. The van der Waals surface area contributed by atoms with E-state index in [9.17, 15) is 13.6 Å². The first-order valence-electron chi connectivity index (χ1n) is 5.50. The molecular formula is C14H7Br2F2IO. The molecule has 0 unspecified atom stereocenters. The minimum atomic E-state index is -0.733. The number of Topliss-reactive ketones (excluding diaryl/α,β-unsaturated/α-hetero) is 1. The van der Waals surface area contributed by atoms with Crippen LogP contribution in [0.4, 0.5) is 8.78 Å². The Balaban J connectivity index is 2.38. The number of hydrogen-bond acceptors (Lipinski definition) is 1. The molecule has 0 spiro atoms. The van der Waals surface area contributed by atoms with Crippen LogP contribution in [0.1, 0.15) is 15.9 Å². The van der Waals surface area contributed by atoms with E-state index in [1.165, 1.54) is 6.07 Å². The Bertz CT molecular complexity index is 689. The molecule has 1 nitrogen and oxygen atoms in total. The number of halogens is 5. The molecule has 0 fully saturated rings. The van der Waals surface area contributed by atoms with Crippen LogP contribution in [-0.4, -0.2) is 5.78 Å². The van der Waals surface area contributed by atoms with Crippen molar-refractivity contribution in [2.75, 3.05) is 0 Å². The van der Waals surface area contributed by atoms with Crippen LogP contribution in [0.25, 0.3) is 0 Å². The molecule has 0 saturated heterocycles. The maximum Gasteiger partial charge on any atom is 0.168 e. The predicted molar refractivity (Wildman–Crippen MR) is 89.0 cm³/mol. The van der Waals surface area contributed by atoms with Crippen LogP contribution in [0.2, 0.25) is 0 Å². The topological polar surface area (TPSA) is 17.1 Å². The molecule has 0 radical (unpaired) electrons. The molecule has 6 heteroatoms. The molecule has 0 aromatic heterocycles. The van der Waals surface area contributed by atoms with Gasteiger partial charge in [-0.25, -0.2) is 8.78 Å². The van der Waals surface area contributed by atoms with E-state index in [1.807, 2.05) is 22.6 Å². The number of ketones is 1. The molecule has 0 saturated carbocycles. The maximum absolute atomic E-state index is 13.9. The summed E-state index contributed by atoms with van der Waals surface area (Å²) in [5, 5.41) is 0. The van der Waals surface area contributed by atoms with Gasteiger partial charge >= 0.3 is 0 Å². The summed E-state index contributed by atoms with van der Waals surface area (Å²) in [6.07, 6.45) is -0.316. The van der Waals surface area contributed by atoms with Crippen molar-refractivity contribution in [2.24, 2.45) is 0 Å². The van der Waals surface area contributed by atoms with E-state index in [0.29, 0.717) is 5.56 Å². The van der Waals surface area contributed by atoms with Gasteiger partial charge in [-0.15, -0.1) is 0 Å². The summed E-state index contributed by atoms with van der Waals surface area (Å²) >= 11 is 8.29. The normalized spacial score (nSPS) is 10.7. The van der Waals surface area contributed by atoms with E-state index in [4.69, 9.17) is 0 Å². The van der Waals surface area contributed by atoms with Gasteiger partial charge in [0.15, 0.2) is 5.78 Å². The van der Waals surface area contributed by atoms with E-state index < -0.39 is 11.6 Å². The molecule has 0 aliphatic rings. The lowest BCUT2D eigenvalue weighted by molar-refractivity contribution is 0.0989. The average Bonchev–Trinajstić information content (AvgIpc) is 2.41. The zero-order chi connectivity index (χ0) is 14.9. The van der Waals surface area contributed by atoms with Crippen LogP contribution < -0.4 is 0 Å². The van der Waals surface area contributed by atoms with Crippen molar-refractivity contribution in [3.63, 3.8) is 0 Å². The SMILES string of the molecule is O=C(Cc1c(F)ccc(Br)c1F)c1cc(Br)ccc1I. The van der Waals surface area contributed by atoms with Gasteiger partial charge in [-0.05, 0) is 68.9 Å². The highest BCUT2D eigenvalue weighted by molar-refractivity contribution is 14.1. The first-order valence-corrected chi connectivity index (χ1v) is 8.17. The van der Waals surface area contributed by atoms with Gasteiger partial charge in [0.05, 0.1) is 4.47 Å². The Morgan fingerprint density at radius 2 is 1.85 bits per heavy atom. The highest BCUT2D eigenvalue weighted by Gasteiger charge is 2.18. The van der Waals surface area contributed by atoms with E-state index >= 15 is 0 Å². The van der Waals surface area contributed by atoms with Crippen LogP contribution >= 0.6 is 54.5 Å². The van der Waals surface area contributed by atoms with E-state index in [2.05, 4.69) is 31.9 Å². The summed E-state index contributed by atoms with van der Waals surface area (Å²) in [5.41, 5.74) is 0.221. The first-order chi connectivity index (χ1) is 9.40. The second-order valence-electron chi connectivity index (χ2n) is 4.05. The summed E-state index contributed by atoms with van der Waals surface area (Å²) in [6.45, 7) is 0. The molecule has 0 amide bonds. The van der Waals surface area contributed by atoms with Crippen molar-refractivity contribution in [1.82, 2.24) is 0 Å². The van der Waals surface area contributed by atoms with Gasteiger partial charge in [-0.3, -0.25) is 4.79 Å². The number of rotatable bonds is 3. The molecule has 0 aliphatic carbocycles. The van der Waals surface area contributed by atoms with Crippen molar-refractivity contribution in [2.45, 2.75) is 6.42 Å². The van der Waals surface area contributed by atoms with Gasteiger partial charge in [0.25, 0.3) is 0 Å². The van der Waals surface area contributed by atoms with Gasteiger partial charge < -0.3 is 0 Å². The highest BCUT2D eigenvalue weighted by Crippen LogP contribution is 2.25. The third-order valence-corrected chi connectivity index (χ3v) is 4.75. The fraction of sp³-hybridized carbons (Fsp3) is 0.0714. The Hall–Kier alpha value is -0.340. The monoisotopic (exact) mass is 514 g/mol. The zero-order valence-corrected chi connectivity index (χ0v) is 15.2. The van der Waals surface area contributed by atoms with Gasteiger partial charge in [-0.2, -0.15) is 0 Å². The second-order valence-corrected chi connectivity index (χ2v) is 6.98. The molecule has 0 atom stereocenters. The average molecular weight is 516 g/mol. The Morgan fingerprint density at radius 3 is 2.55 bits per heavy atom. The van der Waals surface area contributed by atoms with Crippen LogP contribution in [0.3, 0.4) is 0 Å². The summed E-state index contributed by atoms with van der Waals surface area (Å²) in [6, 6.07) is 7.64. The van der Waals surface area contributed by atoms with Crippen LogP contribution in [0.15, 0.2) is 39.3 Å². The standard InChI is InChI=1S/C14H7Br2F2IO/c15-7-1-4-12(19)9(5-7)13(20)6-8-11(17)3-2-10(16)14(8)18/h1-5H,6H2.